The fourth-order valence-corrected chi connectivity index (χ4v) is 1.97. The Morgan fingerprint density at radius 2 is 1.95 bits per heavy atom. The molecule has 2 N–H and O–H groups in total. The summed E-state index contributed by atoms with van der Waals surface area (Å²) in [6, 6.07) is 9.56. The van der Waals surface area contributed by atoms with Crippen LogP contribution in [0.3, 0.4) is 0 Å². The van der Waals surface area contributed by atoms with Crippen molar-refractivity contribution in [3.05, 3.63) is 57.6 Å². The van der Waals surface area contributed by atoms with Crippen LogP contribution in [0.4, 0.5) is 5.69 Å². The van der Waals surface area contributed by atoms with Crippen LogP contribution < -0.4 is 5.32 Å². The number of halogens is 2. The van der Waals surface area contributed by atoms with Crippen LogP contribution in [0.15, 0.2) is 36.4 Å². The predicted octanol–water partition coefficient (Wildman–Crippen LogP) is 4.26. The van der Waals surface area contributed by atoms with Crippen LogP contribution in [0.25, 0.3) is 0 Å². The van der Waals surface area contributed by atoms with E-state index in [2.05, 4.69) is 5.32 Å². The number of nitrogens with one attached hydrogen (secondary N) is 1. The quantitative estimate of drug-likeness (QED) is 0.870. The summed E-state index contributed by atoms with van der Waals surface area (Å²) >= 11 is 11.7. The number of amides is 1. The second kappa shape index (κ2) is 5.51. The van der Waals surface area contributed by atoms with Gasteiger partial charge in [-0.2, -0.15) is 0 Å². The van der Waals surface area contributed by atoms with Gasteiger partial charge in [-0.25, -0.2) is 0 Å². The molecule has 0 bridgehead atoms. The van der Waals surface area contributed by atoms with E-state index in [1.165, 1.54) is 12.1 Å². The maximum absolute atomic E-state index is 12.1. The van der Waals surface area contributed by atoms with Crippen LogP contribution in [0.5, 0.6) is 5.75 Å². The van der Waals surface area contributed by atoms with Gasteiger partial charge < -0.3 is 10.4 Å². The van der Waals surface area contributed by atoms with Crippen molar-refractivity contribution in [2.24, 2.45) is 0 Å². The molecule has 0 aromatic heterocycles. The summed E-state index contributed by atoms with van der Waals surface area (Å²) in [6.07, 6.45) is 0. The average Bonchev–Trinajstić information content (AvgIpc) is 2.34. The van der Waals surface area contributed by atoms with Gasteiger partial charge in [-0.3, -0.25) is 4.79 Å². The van der Waals surface area contributed by atoms with E-state index in [1.54, 1.807) is 31.2 Å². The molecule has 0 saturated heterocycles. The summed E-state index contributed by atoms with van der Waals surface area (Å²) < 4.78 is 0. The molecule has 5 heteroatoms. The third kappa shape index (κ3) is 3.00. The van der Waals surface area contributed by atoms with Crippen LogP contribution >= 0.6 is 23.2 Å². The Balaban J connectivity index is 2.28. The van der Waals surface area contributed by atoms with Gasteiger partial charge in [-0.1, -0.05) is 29.3 Å². The van der Waals surface area contributed by atoms with Crippen LogP contribution in [-0.4, -0.2) is 11.0 Å². The van der Waals surface area contributed by atoms with Crippen molar-refractivity contribution in [1.29, 1.82) is 0 Å². The lowest BCUT2D eigenvalue weighted by Crippen LogP contribution is -2.13. The zero-order chi connectivity index (χ0) is 14.0. The van der Waals surface area contributed by atoms with E-state index < -0.39 is 5.91 Å². The van der Waals surface area contributed by atoms with Crippen LogP contribution in [0.1, 0.15) is 15.9 Å². The number of phenolic OH excluding ortho intramolecular Hbond substituents is 1. The third-order valence-corrected chi connectivity index (χ3v) is 3.36. The van der Waals surface area contributed by atoms with Crippen molar-refractivity contribution in [3.63, 3.8) is 0 Å². The van der Waals surface area contributed by atoms with Crippen molar-refractivity contribution in [2.45, 2.75) is 6.92 Å². The highest BCUT2D eigenvalue weighted by molar-refractivity contribution is 6.32. The van der Waals surface area contributed by atoms with Crippen molar-refractivity contribution < 1.29 is 9.90 Å². The van der Waals surface area contributed by atoms with Gasteiger partial charge in [0.05, 0.1) is 5.56 Å². The molecule has 0 heterocycles. The molecule has 3 nitrogen and oxygen atoms in total. The smallest absolute Gasteiger partial charge is 0.259 e. The number of carbonyl (C=O) groups is 1. The second-order valence-electron chi connectivity index (χ2n) is 4.03. The molecule has 19 heavy (non-hydrogen) atoms. The summed E-state index contributed by atoms with van der Waals surface area (Å²) in [7, 11) is 0. The van der Waals surface area contributed by atoms with Crippen LogP contribution in [0, 0.1) is 6.92 Å². The zero-order valence-electron chi connectivity index (χ0n) is 10.1. The van der Waals surface area contributed by atoms with Gasteiger partial charge in [-0.15, -0.1) is 0 Å². The normalized spacial score (nSPS) is 10.3. The van der Waals surface area contributed by atoms with E-state index in [1.807, 2.05) is 0 Å². The Morgan fingerprint density at radius 3 is 2.63 bits per heavy atom. The minimum absolute atomic E-state index is 0.156. The fourth-order valence-electron chi connectivity index (χ4n) is 1.63. The lowest BCUT2D eigenvalue weighted by molar-refractivity contribution is 0.102. The molecule has 0 aliphatic heterocycles. The number of benzene rings is 2. The van der Waals surface area contributed by atoms with Gasteiger partial charge in [0.2, 0.25) is 0 Å². The first kappa shape index (κ1) is 13.7. The highest BCUT2D eigenvalue weighted by Crippen LogP contribution is 2.26. The summed E-state index contributed by atoms with van der Waals surface area (Å²) in [5.41, 5.74) is 1.53. The average molecular weight is 296 g/mol. The molecule has 0 radical (unpaired) electrons. The van der Waals surface area contributed by atoms with Gasteiger partial charge in [0.25, 0.3) is 5.91 Å². The highest BCUT2D eigenvalue weighted by Gasteiger charge is 2.13. The van der Waals surface area contributed by atoms with Crippen LogP contribution in [0.2, 0.25) is 10.0 Å². The van der Waals surface area contributed by atoms with Gasteiger partial charge >= 0.3 is 0 Å². The highest BCUT2D eigenvalue weighted by atomic mass is 35.5. The molecule has 0 atom stereocenters. The van der Waals surface area contributed by atoms with E-state index >= 15 is 0 Å². The lowest BCUT2D eigenvalue weighted by atomic mass is 10.1. The number of aromatic hydroxyl groups is 1. The maximum atomic E-state index is 12.1. The van der Waals surface area contributed by atoms with Crippen molar-refractivity contribution >= 4 is 34.8 Å². The molecule has 0 saturated carbocycles. The minimum Gasteiger partial charge on any atom is -0.507 e. The molecule has 0 spiro atoms. The summed E-state index contributed by atoms with van der Waals surface area (Å²) in [5.74, 6) is -0.579. The number of hydrogen-bond acceptors (Lipinski definition) is 2. The molecule has 2 aromatic rings. The number of hydrogen-bond donors (Lipinski definition) is 2. The first-order chi connectivity index (χ1) is 8.99. The van der Waals surface area contributed by atoms with Gasteiger partial charge in [0, 0.05) is 15.7 Å². The minimum atomic E-state index is -0.417. The van der Waals surface area contributed by atoms with Gasteiger partial charge in [0.15, 0.2) is 0 Å². The number of carbonyl (C=O) groups excluding carboxylic acids is 1. The Bertz CT molecular complexity index is 641. The van der Waals surface area contributed by atoms with Crippen molar-refractivity contribution in [2.75, 3.05) is 5.32 Å². The molecule has 0 fully saturated rings. The Morgan fingerprint density at radius 1 is 1.21 bits per heavy atom. The van der Waals surface area contributed by atoms with Crippen molar-refractivity contribution in [1.82, 2.24) is 0 Å². The molecule has 0 aliphatic rings. The van der Waals surface area contributed by atoms with E-state index in [0.717, 1.165) is 5.56 Å². The monoisotopic (exact) mass is 295 g/mol. The zero-order valence-corrected chi connectivity index (χ0v) is 11.6. The van der Waals surface area contributed by atoms with E-state index in [-0.39, 0.29) is 11.3 Å². The van der Waals surface area contributed by atoms with E-state index in [0.29, 0.717) is 15.7 Å². The number of anilines is 1. The topological polar surface area (TPSA) is 49.3 Å². The number of phenols is 1. The Kier molecular flexibility index (Phi) is 3.98. The molecular weight excluding hydrogens is 285 g/mol. The summed E-state index contributed by atoms with van der Waals surface area (Å²) in [4.78, 5) is 12.1. The number of rotatable bonds is 2. The van der Waals surface area contributed by atoms with E-state index in [9.17, 15) is 9.90 Å². The van der Waals surface area contributed by atoms with Gasteiger partial charge in [0.1, 0.15) is 5.75 Å². The van der Waals surface area contributed by atoms with Crippen molar-refractivity contribution in [3.8, 4) is 5.75 Å². The standard InChI is InChI=1S/C14H11Cl2NO2/c1-8-11(16)3-2-4-12(8)17-14(19)10-6-5-9(15)7-13(10)18/h2-7,18H,1H3,(H,17,19). The molecule has 98 valence electrons. The molecular formula is C14H11Cl2NO2. The molecule has 0 aliphatic carbocycles. The lowest BCUT2D eigenvalue weighted by Gasteiger charge is -2.10. The Labute approximate surface area is 120 Å². The largest absolute Gasteiger partial charge is 0.507 e. The molecule has 2 rings (SSSR count). The second-order valence-corrected chi connectivity index (χ2v) is 4.87. The van der Waals surface area contributed by atoms with Crippen LogP contribution in [-0.2, 0) is 0 Å². The first-order valence-electron chi connectivity index (χ1n) is 5.54. The summed E-state index contributed by atoms with van der Waals surface area (Å²) in [6.45, 7) is 1.81. The molecule has 0 unspecified atom stereocenters. The maximum Gasteiger partial charge on any atom is 0.259 e. The summed E-state index contributed by atoms with van der Waals surface area (Å²) in [5, 5.41) is 13.3. The SMILES string of the molecule is Cc1c(Cl)cccc1NC(=O)c1ccc(Cl)cc1O. The fraction of sp³-hybridized carbons (Fsp3) is 0.0714. The molecule has 1 amide bonds. The first-order valence-corrected chi connectivity index (χ1v) is 6.29. The van der Waals surface area contributed by atoms with Gasteiger partial charge in [-0.05, 0) is 42.8 Å². The predicted molar refractivity (Wildman–Crippen MR) is 77.3 cm³/mol. The Hall–Kier alpha value is -1.71. The molecule has 2 aromatic carbocycles. The third-order valence-electron chi connectivity index (χ3n) is 2.72. The van der Waals surface area contributed by atoms with E-state index in [4.69, 9.17) is 23.2 Å².